The van der Waals surface area contributed by atoms with E-state index in [9.17, 15) is 9.59 Å². The first-order chi connectivity index (χ1) is 16.9. The Morgan fingerprint density at radius 2 is 1.94 bits per heavy atom. The zero-order chi connectivity index (χ0) is 24.5. The molecule has 5 aromatic rings. The lowest BCUT2D eigenvalue weighted by atomic mass is 10.1. The average Bonchev–Trinajstić information content (AvgIpc) is 3.43. The Morgan fingerprint density at radius 3 is 2.66 bits per heavy atom. The number of aryl methyl sites for hydroxylation is 2. The first-order valence-electron chi connectivity index (χ1n) is 11.4. The number of ether oxygens (including phenoxy) is 1. The number of rotatable bonds is 3. The van der Waals surface area contributed by atoms with Gasteiger partial charge in [-0.1, -0.05) is 24.3 Å². The molecule has 0 unspecified atom stereocenters. The number of aromatic amines is 1. The molecule has 1 aliphatic heterocycles. The summed E-state index contributed by atoms with van der Waals surface area (Å²) in [4.78, 5) is 32.0. The Kier molecular flexibility index (Phi) is 5.92. The number of hydrogen-bond acceptors (Lipinski definition) is 5. The molecule has 4 heterocycles. The summed E-state index contributed by atoms with van der Waals surface area (Å²) in [7, 11) is 1.90. The molecule has 2 aromatic carbocycles. The highest BCUT2D eigenvalue weighted by Gasteiger charge is 2.16. The lowest BCUT2D eigenvalue weighted by molar-refractivity contribution is -0.121. The number of nitrogens with one attached hydrogen (secondary N) is 1. The van der Waals surface area contributed by atoms with Gasteiger partial charge in [0.05, 0.1) is 47.2 Å². The van der Waals surface area contributed by atoms with E-state index in [0.717, 1.165) is 57.9 Å². The lowest BCUT2D eigenvalue weighted by Gasteiger charge is -2.21. The van der Waals surface area contributed by atoms with Crippen molar-refractivity contribution in [3.8, 4) is 11.3 Å². The van der Waals surface area contributed by atoms with Crippen molar-refractivity contribution in [2.45, 2.75) is 6.92 Å². The molecule has 0 atom stereocenters. The monoisotopic (exact) mass is 470 g/mol. The second-order valence-corrected chi connectivity index (χ2v) is 8.61. The van der Waals surface area contributed by atoms with E-state index in [4.69, 9.17) is 15.5 Å². The predicted octanol–water partition coefficient (Wildman–Crippen LogP) is 3.15. The van der Waals surface area contributed by atoms with Gasteiger partial charge in [0.1, 0.15) is 0 Å². The number of nitrogens with zero attached hydrogens (tertiary/aromatic N) is 4. The van der Waals surface area contributed by atoms with Crippen molar-refractivity contribution in [1.82, 2.24) is 24.6 Å². The van der Waals surface area contributed by atoms with Gasteiger partial charge in [0.25, 0.3) is 5.91 Å². The van der Waals surface area contributed by atoms with Crippen LogP contribution in [-0.2, 0) is 16.6 Å². The Balaban J connectivity index is 0.000000271. The molecule has 2 amide bonds. The Hall–Kier alpha value is -4.24. The third kappa shape index (κ3) is 4.33. The molecule has 178 valence electrons. The summed E-state index contributed by atoms with van der Waals surface area (Å²) in [5, 5.41) is 6.31. The molecule has 0 radical (unpaired) electrons. The van der Waals surface area contributed by atoms with Crippen LogP contribution >= 0.6 is 0 Å². The van der Waals surface area contributed by atoms with Gasteiger partial charge in [-0.3, -0.25) is 14.3 Å². The number of benzene rings is 2. The molecule has 1 fully saturated rings. The largest absolute Gasteiger partial charge is 0.378 e. The summed E-state index contributed by atoms with van der Waals surface area (Å²) >= 11 is 0. The van der Waals surface area contributed by atoms with Crippen molar-refractivity contribution in [3.63, 3.8) is 0 Å². The van der Waals surface area contributed by atoms with Crippen LogP contribution in [0.5, 0.6) is 0 Å². The van der Waals surface area contributed by atoms with Crippen LogP contribution in [0.25, 0.3) is 44.1 Å². The first kappa shape index (κ1) is 22.5. The molecule has 9 nitrogen and oxygen atoms in total. The highest BCUT2D eigenvalue weighted by atomic mass is 16.5. The number of hydrogen-bond donors (Lipinski definition) is 2. The van der Waals surface area contributed by atoms with Crippen molar-refractivity contribution in [3.05, 3.63) is 59.8 Å². The molecule has 9 heteroatoms. The van der Waals surface area contributed by atoms with Crippen LogP contribution in [0.3, 0.4) is 0 Å². The van der Waals surface area contributed by atoms with Crippen LogP contribution in [0.1, 0.15) is 15.9 Å². The smallest absolute Gasteiger partial charge is 0.250 e. The molecular weight excluding hydrogens is 444 g/mol. The normalized spacial score (nSPS) is 13.7. The van der Waals surface area contributed by atoms with Gasteiger partial charge in [-0.15, -0.1) is 0 Å². The molecule has 1 saturated heterocycles. The second kappa shape index (κ2) is 9.19. The number of H-pyrrole nitrogens is 1. The zero-order valence-electron chi connectivity index (χ0n) is 19.6. The van der Waals surface area contributed by atoms with Gasteiger partial charge < -0.3 is 20.4 Å². The molecule has 1 aliphatic rings. The molecule has 0 spiro atoms. The van der Waals surface area contributed by atoms with E-state index in [0.29, 0.717) is 30.0 Å². The van der Waals surface area contributed by atoms with Gasteiger partial charge >= 0.3 is 0 Å². The van der Waals surface area contributed by atoms with E-state index in [1.54, 1.807) is 11.0 Å². The van der Waals surface area contributed by atoms with Gasteiger partial charge in [-0.2, -0.15) is 5.10 Å². The standard InChI is InChI=1S/C21H17N5O.C5H9NO2/c1-11-3-6-14-17(7-11)25-20-15(21(22)27)9-16(24-19(14)20)12-4-5-13-10-23-26(2)18(13)8-12;7-5-6-1-3-8-4-2-6/h3-10,25H,1-2H3,(H2,22,27);5H,1-4H2. The predicted molar refractivity (Wildman–Crippen MR) is 135 cm³/mol. The Labute approximate surface area is 201 Å². The summed E-state index contributed by atoms with van der Waals surface area (Å²) in [5.41, 5.74) is 12.2. The number of pyridine rings is 1. The summed E-state index contributed by atoms with van der Waals surface area (Å²) in [6.45, 7) is 4.92. The zero-order valence-corrected chi connectivity index (χ0v) is 19.6. The molecular formula is C26H26N6O3. The highest BCUT2D eigenvalue weighted by molar-refractivity contribution is 6.14. The van der Waals surface area contributed by atoms with Gasteiger partial charge in [0.2, 0.25) is 6.41 Å². The number of carbonyl (C=O) groups is 2. The fourth-order valence-corrected chi connectivity index (χ4v) is 4.30. The van der Waals surface area contributed by atoms with Crippen LogP contribution in [-0.4, -0.2) is 63.3 Å². The van der Waals surface area contributed by atoms with Gasteiger partial charge in [-0.25, -0.2) is 4.98 Å². The van der Waals surface area contributed by atoms with Crippen molar-refractivity contribution < 1.29 is 14.3 Å². The molecule has 6 rings (SSSR count). The van der Waals surface area contributed by atoms with Crippen molar-refractivity contribution in [2.75, 3.05) is 26.3 Å². The molecule has 0 saturated carbocycles. The van der Waals surface area contributed by atoms with Crippen molar-refractivity contribution in [2.24, 2.45) is 12.8 Å². The van der Waals surface area contributed by atoms with Gasteiger partial charge in [0.15, 0.2) is 0 Å². The second-order valence-electron chi connectivity index (χ2n) is 8.61. The maximum absolute atomic E-state index is 12.1. The van der Waals surface area contributed by atoms with Crippen LogP contribution in [0.4, 0.5) is 0 Å². The maximum Gasteiger partial charge on any atom is 0.250 e. The van der Waals surface area contributed by atoms with E-state index >= 15 is 0 Å². The molecule has 3 N–H and O–H groups in total. The van der Waals surface area contributed by atoms with Gasteiger partial charge in [0, 0.05) is 42.0 Å². The first-order valence-corrected chi connectivity index (χ1v) is 11.4. The number of morpholine rings is 1. The summed E-state index contributed by atoms with van der Waals surface area (Å²) in [5.74, 6) is -0.478. The van der Waals surface area contributed by atoms with Crippen LogP contribution in [0.2, 0.25) is 0 Å². The lowest BCUT2D eigenvalue weighted by Crippen LogP contribution is -2.34. The Bertz CT molecular complexity index is 1560. The fraction of sp³-hybridized carbons (Fsp3) is 0.231. The van der Waals surface area contributed by atoms with Crippen LogP contribution in [0, 0.1) is 6.92 Å². The topological polar surface area (TPSA) is 119 Å². The van der Waals surface area contributed by atoms with Crippen molar-refractivity contribution >= 4 is 45.2 Å². The number of aromatic nitrogens is 4. The number of carbonyl (C=O) groups excluding carboxylic acids is 2. The number of amides is 2. The maximum atomic E-state index is 12.1. The average molecular weight is 471 g/mol. The molecule has 3 aromatic heterocycles. The van der Waals surface area contributed by atoms with E-state index < -0.39 is 5.91 Å². The van der Waals surface area contributed by atoms with Crippen molar-refractivity contribution in [1.29, 1.82) is 0 Å². The fourth-order valence-electron chi connectivity index (χ4n) is 4.30. The summed E-state index contributed by atoms with van der Waals surface area (Å²) < 4.78 is 6.82. The molecule has 0 aliphatic carbocycles. The van der Waals surface area contributed by atoms with Gasteiger partial charge in [-0.05, 0) is 30.7 Å². The van der Waals surface area contributed by atoms with E-state index in [1.807, 2.05) is 61.2 Å². The third-order valence-corrected chi connectivity index (χ3v) is 6.21. The number of fused-ring (bicyclic) bond motifs is 4. The Morgan fingerprint density at radius 1 is 1.14 bits per heavy atom. The quantitative estimate of drug-likeness (QED) is 0.393. The molecule has 35 heavy (non-hydrogen) atoms. The summed E-state index contributed by atoms with van der Waals surface area (Å²) in [6, 6.07) is 13.9. The summed E-state index contributed by atoms with van der Waals surface area (Å²) in [6.07, 6.45) is 2.69. The van der Waals surface area contributed by atoms with E-state index in [-0.39, 0.29) is 0 Å². The minimum atomic E-state index is -0.478. The van der Waals surface area contributed by atoms with E-state index in [1.165, 1.54) is 0 Å². The number of nitrogens with two attached hydrogens (primary N) is 1. The van der Waals surface area contributed by atoms with Crippen LogP contribution < -0.4 is 5.73 Å². The number of primary amides is 1. The van der Waals surface area contributed by atoms with E-state index in [2.05, 4.69) is 10.1 Å². The third-order valence-electron chi connectivity index (χ3n) is 6.21. The minimum Gasteiger partial charge on any atom is -0.378 e. The molecule has 0 bridgehead atoms. The highest BCUT2D eigenvalue weighted by Crippen LogP contribution is 2.31. The minimum absolute atomic E-state index is 0.439. The SMILES string of the molecule is Cc1ccc2c(c1)[nH]c1c(C(N)=O)cc(-c3ccc4cnn(C)c4c3)nc12.O=CN1CCOCC1. The van der Waals surface area contributed by atoms with Crippen LogP contribution in [0.15, 0.2) is 48.7 Å².